The molecule has 5 rings (SSSR count). The lowest BCUT2D eigenvalue weighted by atomic mass is 9.63. The van der Waals surface area contributed by atoms with Crippen LogP contribution < -0.4 is 0 Å². The van der Waals surface area contributed by atoms with E-state index in [0.717, 1.165) is 22.5 Å². The minimum absolute atomic E-state index is 0.147. The Morgan fingerprint density at radius 3 is 2.46 bits per heavy atom. The molecule has 0 aliphatic heterocycles. The Hall–Kier alpha value is -3.17. The number of carbonyl (C=O) groups excluding carboxylic acids is 1. The molecule has 3 unspecified atom stereocenters. The van der Waals surface area contributed by atoms with Gasteiger partial charge in [0.1, 0.15) is 22.6 Å². The number of ether oxygens (including phenoxy) is 1. The minimum Gasteiger partial charge on any atom is -0.468 e. The minimum atomic E-state index is -1.50. The maximum atomic E-state index is 13.4. The molecule has 1 saturated carbocycles. The van der Waals surface area contributed by atoms with Crippen molar-refractivity contribution in [1.82, 2.24) is 14.1 Å². The molecular weight excluding hydrogens is 472 g/mol. The fraction of sp³-hybridized carbons (Fsp3) is 0.308. The number of benzene rings is 2. The molecular formula is C26H25F2N3O3S. The smallest absolute Gasteiger partial charge is 0.316 e. The number of carbonyl (C=O) groups is 1. The lowest BCUT2D eigenvalue weighted by Crippen LogP contribution is -2.48. The lowest BCUT2D eigenvalue weighted by Gasteiger charge is -2.44. The molecule has 0 N–H and O–H groups in total. The number of rotatable bonds is 5. The average molecular weight is 498 g/mol. The highest BCUT2D eigenvalue weighted by Crippen LogP contribution is 2.50. The van der Waals surface area contributed by atoms with Gasteiger partial charge in [0.25, 0.3) is 0 Å². The summed E-state index contributed by atoms with van der Waals surface area (Å²) in [6.45, 7) is 0. The summed E-state index contributed by atoms with van der Waals surface area (Å²) in [6, 6.07) is 11.6. The van der Waals surface area contributed by atoms with Gasteiger partial charge >= 0.3 is 5.97 Å². The molecule has 3 atom stereocenters. The van der Waals surface area contributed by atoms with Crippen molar-refractivity contribution in [2.24, 2.45) is 5.41 Å². The van der Waals surface area contributed by atoms with E-state index < -0.39 is 16.4 Å². The predicted octanol–water partition coefficient (Wildman–Crippen LogP) is 4.46. The van der Waals surface area contributed by atoms with Crippen molar-refractivity contribution in [1.29, 1.82) is 0 Å². The highest BCUT2D eigenvalue weighted by molar-refractivity contribution is 7.82. The highest BCUT2D eigenvalue weighted by atomic mass is 32.2. The summed E-state index contributed by atoms with van der Waals surface area (Å²) in [5, 5.41) is 4.51. The fourth-order valence-corrected chi connectivity index (χ4v) is 6.35. The van der Waals surface area contributed by atoms with Gasteiger partial charge in [-0.25, -0.2) is 22.0 Å². The molecule has 2 aliphatic rings. The second kappa shape index (κ2) is 9.13. The highest BCUT2D eigenvalue weighted by Gasteiger charge is 2.51. The van der Waals surface area contributed by atoms with Gasteiger partial charge in [0.15, 0.2) is 0 Å². The van der Waals surface area contributed by atoms with Crippen molar-refractivity contribution in [3.05, 3.63) is 83.2 Å². The molecule has 2 aromatic carbocycles. The molecule has 1 fully saturated rings. The summed E-state index contributed by atoms with van der Waals surface area (Å²) in [4.78, 5) is 13.7. The van der Waals surface area contributed by atoms with Crippen LogP contribution in [-0.4, -0.2) is 44.5 Å². The first kappa shape index (κ1) is 23.6. The Labute approximate surface area is 204 Å². The van der Waals surface area contributed by atoms with E-state index >= 15 is 0 Å². The van der Waals surface area contributed by atoms with Gasteiger partial charge in [-0.3, -0.25) is 4.79 Å². The topological polar surface area (TPSA) is 64.4 Å². The number of aromatic nitrogens is 2. The molecule has 0 saturated heterocycles. The third-order valence-electron chi connectivity index (χ3n) is 7.07. The zero-order chi connectivity index (χ0) is 24.7. The van der Waals surface area contributed by atoms with Gasteiger partial charge in [-0.2, -0.15) is 5.10 Å². The number of nitrogens with zero attached hydrogens (tertiary/aromatic N) is 3. The first-order valence-electron chi connectivity index (χ1n) is 11.3. The fourth-order valence-electron chi connectivity index (χ4n) is 5.20. The summed E-state index contributed by atoms with van der Waals surface area (Å²) in [6.07, 6.45) is 5.92. The van der Waals surface area contributed by atoms with Crippen LogP contribution in [0.4, 0.5) is 8.78 Å². The Morgan fingerprint density at radius 1 is 1.14 bits per heavy atom. The number of halogens is 2. The summed E-state index contributed by atoms with van der Waals surface area (Å²) in [5.74, 6) is -1.03. The summed E-state index contributed by atoms with van der Waals surface area (Å²) in [5.41, 5.74) is 2.57. The van der Waals surface area contributed by atoms with Crippen molar-refractivity contribution in [2.45, 2.75) is 36.6 Å². The van der Waals surface area contributed by atoms with Crippen LogP contribution in [0.15, 0.2) is 65.2 Å². The molecule has 1 heterocycles. The number of fused-ring (bicyclic) bond motifs is 2. The van der Waals surface area contributed by atoms with Crippen molar-refractivity contribution < 1.29 is 22.5 Å². The zero-order valence-electron chi connectivity index (χ0n) is 19.4. The van der Waals surface area contributed by atoms with Gasteiger partial charge in [0.05, 0.1) is 35.0 Å². The first-order chi connectivity index (χ1) is 16.8. The average Bonchev–Trinajstić information content (AvgIpc) is 3.28. The summed E-state index contributed by atoms with van der Waals surface area (Å²) >= 11 is 0. The van der Waals surface area contributed by atoms with Crippen LogP contribution in [-0.2, 0) is 26.9 Å². The molecule has 0 bridgehead atoms. The van der Waals surface area contributed by atoms with Crippen molar-refractivity contribution in [2.75, 3.05) is 14.2 Å². The van der Waals surface area contributed by atoms with Crippen LogP contribution in [0.5, 0.6) is 0 Å². The molecule has 6 nitrogen and oxygen atoms in total. The molecule has 2 aliphatic carbocycles. The van der Waals surface area contributed by atoms with E-state index in [1.54, 1.807) is 34.4 Å². The van der Waals surface area contributed by atoms with E-state index in [1.165, 1.54) is 43.5 Å². The van der Waals surface area contributed by atoms with Crippen LogP contribution in [0, 0.1) is 17.0 Å². The van der Waals surface area contributed by atoms with Gasteiger partial charge in [-0.1, -0.05) is 5.57 Å². The van der Waals surface area contributed by atoms with E-state index in [2.05, 4.69) is 5.10 Å². The standard InChI is InChI=1S/C26H25F2N3O3S/c1-30(35(33)23-11-6-20(28)7-12-23)22-8-3-18-13-24-17(14-26(18,15-22)25(32)34-2)16-29-31(24)21-9-4-19(27)5-10-21/h4-7,9-13,16,22H,3,8,14-15H2,1-2H3. The van der Waals surface area contributed by atoms with Crippen molar-refractivity contribution >= 4 is 23.0 Å². The normalized spacial score (nSPS) is 22.2. The molecule has 0 amide bonds. The number of methoxy groups -OCH3 is 1. The van der Waals surface area contributed by atoms with Gasteiger partial charge in [-0.15, -0.1) is 0 Å². The predicted molar refractivity (Wildman–Crippen MR) is 128 cm³/mol. The molecule has 35 heavy (non-hydrogen) atoms. The molecule has 3 aromatic rings. The number of hydrogen-bond acceptors (Lipinski definition) is 4. The Morgan fingerprint density at radius 2 is 1.80 bits per heavy atom. The van der Waals surface area contributed by atoms with Gasteiger partial charge in [-0.05, 0) is 85.9 Å². The number of esters is 1. The molecule has 9 heteroatoms. The quantitative estimate of drug-likeness (QED) is 0.489. The molecule has 1 aromatic heterocycles. The second-order valence-corrected chi connectivity index (χ2v) is 10.6. The van der Waals surface area contributed by atoms with Crippen LogP contribution in [0.1, 0.15) is 30.5 Å². The van der Waals surface area contributed by atoms with Crippen LogP contribution >= 0.6 is 0 Å². The summed E-state index contributed by atoms with van der Waals surface area (Å²) in [7, 11) is 1.65. The summed E-state index contributed by atoms with van der Waals surface area (Å²) < 4.78 is 48.7. The van der Waals surface area contributed by atoms with Gasteiger partial charge < -0.3 is 4.74 Å². The van der Waals surface area contributed by atoms with Gasteiger partial charge in [0, 0.05) is 13.1 Å². The molecule has 182 valence electrons. The van der Waals surface area contributed by atoms with Crippen LogP contribution in [0.25, 0.3) is 11.8 Å². The molecule has 0 radical (unpaired) electrons. The van der Waals surface area contributed by atoms with E-state index in [4.69, 9.17) is 4.74 Å². The van der Waals surface area contributed by atoms with Crippen LogP contribution in [0.2, 0.25) is 0 Å². The van der Waals surface area contributed by atoms with E-state index in [0.29, 0.717) is 30.6 Å². The van der Waals surface area contributed by atoms with E-state index in [1.807, 2.05) is 6.08 Å². The second-order valence-electron chi connectivity index (χ2n) is 9.01. The Balaban J connectivity index is 1.47. The Kier molecular flexibility index (Phi) is 6.14. The van der Waals surface area contributed by atoms with Crippen LogP contribution in [0.3, 0.4) is 0 Å². The monoisotopic (exact) mass is 497 g/mol. The largest absolute Gasteiger partial charge is 0.468 e. The maximum Gasteiger partial charge on any atom is 0.316 e. The lowest BCUT2D eigenvalue weighted by molar-refractivity contribution is -0.152. The van der Waals surface area contributed by atoms with Gasteiger partial charge in [0.2, 0.25) is 0 Å². The van der Waals surface area contributed by atoms with E-state index in [9.17, 15) is 17.8 Å². The first-order valence-corrected chi connectivity index (χ1v) is 12.5. The van der Waals surface area contributed by atoms with Crippen molar-refractivity contribution in [3.63, 3.8) is 0 Å². The molecule has 0 spiro atoms. The van der Waals surface area contributed by atoms with Crippen molar-refractivity contribution in [3.8, 4) is 5.69 Å². The maximum absolute atomic E-state index is 13.4. The van der Waals surface area contributed by atoms with E-state index in [-0.39, 0.29) is 23.6 Å². The number of hydrogen-bond donors (Lipinski definition) is 0. The Bertz CT molecular complexity index is 1320. The third-order valence-corrected chi connectivity index (χ3v) is 8.57. The SMILES string of the molecule is COC(=O)C12Cc3cnn(-c4ccc(F)cc4)c3C=C1CCC(N(C)S(=O)c1ccc(F)cc1)C2. The zero-order valence-corrected chi connectivity index (χ0v) is 20.2. The third kappa shape index (κ3) is 4.12.